The molecule has 1 aliphatic rings. The number of ether oxygens (including phenoxy) is 5. The van der Waals surface area contributed by atoms with Gasteiger partial charge in [0.15, 0.2) is 23.0 Å². The zero-order chi connectivity index (χ0) is 26.2. The highest BCUT2D eigenvalue weighted by atomic mass is 16.6. The van der Waals surface area contributed by atoms with Gasteiger partial charge in [0.1, 0.15) is 0 Å². The normalized spacial score (nSPS) is 16.6. The number of anilines is 1. The van der Waals surface area contributed by atoms with E-state index in [9.17, 15) is 9.59 Å². The molecule has 1 N–H and O–H groups in total. The van der Waals surface area contributed by atoms with Crippen LogP contribution in [0.2, 0.25) is 0 Å². The summed E-state index contributed by atoms with van der Waals surface area (Å²) >= 11 is 0. The Morgan fingerprint density at radius 1 is 0.972 bits per heavy atom. The van der Waals surface area contributed by atoms with Crippen molar-refractivity contribution in [3.05, 3.63) is 41.5 Å². The minimum absolute atomic E-state index is 0.0570. The van der Waals surface area contributed by atoms with E-state index in [1.54, 1.807) is 57.4 Å². The molecule has 2 atom stereocenters. The van der Waals surface area contributed by atoms with Gasteiger partial charge in [-0.15, -0.1) is 0 Å². The number of rotatable bonds is 10. The number of fused-ring (bicyclic) bond motifs is 1. The summed E-state index contributed by atoms with van der Waals surface area (Å²) in [6, 6.07) is 8.64. The molecule has 3 rings (SSSR count). The van der Waals surface area contributed by atoms with Crippen LogP contribution in [0.5, 0.6) is 23.0 Å². The quantitative estimate of drug-likeness (QED) is 0.502. The van der Waals surface area contributed by atoms with Crippen LogP contribution >= 0.6 is 0 Å². The first kappa shape index (κ1) is 27.0. The summed E-state index contributed by atoms with van der Waals surface area (Å²) in [5.41, 5.74) is 2.04. The molecule has 9 heteroatoms. The monoisotopic (exact) mass is 500 g/mol. The van der Waals surface area contributed by atoms with E-state index in [4.69, 9.17) is 23.7 Å². The van der Waals surface area contributed by atoms with Crippen LogP contribution in [0.15, 0.2) is 30.3 Å². The third-order valence-electron chi connectivity index (χ3n) is 6.16. The van der Waals surface area contributed by atoms with Crippen LogP contribution in [0.3, 0.4) is 0 Å². The molecule has 0 saturated heterocycles. The second-order valence-electron chi connectivity index (χ2n) is 8.54. The summed E-state index contributed by atoms with van der Waals surface area (Å²) in [5.74, 6) is 1.90. The van der Waals surface area contributed by atoms with E-state index >= 15 is 0 Å². The molecule has 0 bridgehead atoms. The molecule has 0 radical (unpaired) electrons. The average molecular weight is 501 g/mol. The van der Waals surface area contributed by atoms with Crippen molar-refractivity contribution in [3.63, 3.8) is 0 Å². The van der Waals surface area contributed by atoms with Gasteiger partial charge in [0.25, 0.3) is 5.91 Å². The lowest BCUT2D eigenvalue weighted by Crippen LogP contribution is -2.45. The second kappa shape index (κ2) is 12.4. The van der Waals surface area contributed by atoms with Crippen molar-refractivity contribution in [2.45, 2.75) is 45.6 Å². The molecule has 2 aromatic carbocycles. The molecule has 9 nitrogen and oxygen atoms in total. The maximum Gasteiger partial charge on any atom is 0.414 e. The molecule has 0 saturated carbocycles. The van der Waals surface area contributed by atoms with Crippen molar-refractivity contribution in [3.8, 4) is 23.0 Å². The summed E-state index contributed by atoms with van der Waals surface area (Å²) < 4.78 is 27.4. The van der Waals surface area contributed by atoms with Gasteiger partial charge in [-0.05, 0) is 56.5 Å². The van der Waals surface area contributed by atoms with Crippen molar-refractivity contribution < 1.29 is 33.3 Å². The zero-order valence-electron chi connectivity index (χ0n) is 21.9. The predicted molar refractivity (Wildman–Crippen MR) is 137 cm³/mol. The fraction of sp³-hybridized carbons (Fsp3) is 0.481. The Morgan fingerprint density at radius 3 is 2.31 bits per heavy atom. The highest BCUT2D eigenvalue weighted by Gasteiger charge is 2.36. The maximum atomic E-state index is 13.1. The number of nitrogens with zero attached hydrogens (tertiary/aromatic N) is 1. The van der Waals surface area contributed by atoms with Gasteiger partial charge in [-0.3, -0.25) is 9.69 Å². The molecule has 1 aliphatic heterocycles. The molecular formula is C27H36N2O7. The summed E-state index contributed by atoms with van der Waals surface area (Å²) in [7, 11) is 4.69. The van der Waals surface area contributed by atoms with E-state index in [1.807, 2.05) is 19.9 Å². The minimum atomic E-state index is -0.418. The Labute approximate surface area is 212 Å². The van der Waals surface area contributed by atoms with Crippen LogP contribution in [0.25, 0.3) is 0 Å². The van der Waals surface area contributed by atoms with Gasteiger partial charge < -0.3 is 29.0 Å². The summed E-state index contributed by atoms with van der Waals surface area (Å²) in [4.78, 5) is 27.5. The predicted octanol–water partition coefficient (Wildman–Crippen LogP) is 4.77. The van der Waals surface area contributed by atoms with Crippen LogP contribution in [-0.2, 0) is 4.74 Å². The second-order valence-corrected chi connectivity index (χ2v) is 8.54. The number of carbonyl (C=O) groups is 2. The van der Waals surface area contributed by atoms with E-state index < -0.39 is 6.09 Å². The largest absolute Gasteiger partial charge is 0.493 e. The number of nitrogens with one attached hydrogen (secondary N) is 1. The fourth-order valence-corrected chi connectivity index (χ4v) is 4.43. The van der Waals surface area contributed by atoms with Crippen molar-refractivity contribution in [2.75, 3.05) is 46.0 Å². The Bertz CT molecular complexity index is 1070. The zero-order valence-corrected chi connectivity index (χ0v) is 21.9. The fourth-order valence-electron chi connectivity index (χ4n) is 4.43. The molecule has 0 aromatic heterocycles. The van der Waals surface area contributed by atoms with E-state index in [0.717, 1.165) is 12.0 Å². The first-order chi connectivity index (χ1) is 17.4. The molecule has 1 heterocycles. The van der Waals surface area contributed by atoms with Crippen LogP contribution in [0, 0.1) is 0 Å². The Morgan fingerprint density at radius 2 is 1.67 bits per heavy atom. The lowest BCUT2D eigenvalue weighted by Gasteiger charge is -2.39. The van der Waals surface area contributed by atoms with Gasteiger partial charge in [-0.1, -0.05) is 6.92 Å². The molecule has 0 fully saturated rings. The Hall–Kier alpha value is -3.62. The number of amides is 2. The van der Waals surface area contributed by atoms with E-state index in [-0.39, 0.29) is 24.5 Å². The lowest BCUT2D eigenvalue weighted by atomic mass is 9.85. The van der Waals surface area contributed by atoms with Crippen molar-refractivity contribution >= 4 is 17.7 Å². The minimum Gasteiger partial charge on any atom is -0.493 e. The van der Waals surface area contributed by atoms with Crippen LogP contribution in [-0.4, -0.2) is 59.1 Å². The molecular weight excluding hydrogens is 464 g/mol. The van der Waals surface area contributed by atoms with Gasteiger partial charge in [0.05, 0.1) is 40.2 Å². The highest BCUT2D eigenvalue weighted by Crippen LogP contribution is 2.44. The van der Waals surface area contributed by atoms with Crippen molar-refractivity contribution in [1.82, 2.24) is 5.32 Å². The number of carbonyl (C=O) groups excluding carboxylic acids is 2. The van der Waals surface area contributed by atoms with Crippen molar-refractivity contribution in [1.29, 1.82) is 0 Å². The van der Waals surface area contributed by atoms with Crippen LogP contribution in [0.1, 0.15) is 55.5 Å². The molecule has 196 valence electrons. The molecule has 2 unspecified atom stereocenters. The van der Waals surface area contributed by atoms with Crippen LogP contribution in [0.4, 0.5) is 10.5 Å². The Kier molecular flexibility index (Phi) is 9.27. The van der Waals surface area contributed by atoms with E-state index in [1.165, 1.54) is 0 Å². The Balaban J connectivity index is 1.87. The molecule has 0 aliphatic carbocycles. The standard InChI is InChI=1S/C27H36N2O7/c1-7-11-36-25-13-18(9-10-22(25)32-4)26(30)28-16-19-12-17(3)29(27(31)35-8-2)21-15-24(34-6)23(33-5)14-20(19)21/h9-10,13-15,17,19H,7-8,11-12,16H2,1-6H3,(H,28,30). The molecule has 2 aromatic rings. The third kappa shape index (κ3) is 5.78. The molecule has 36 heavy (non-hydrogen) atoms. The smallest absolute Gasteiger partial charge is 0.414 e. The van der Waals surface area contributed by atoms with Gasteiger partial charge in [-0.2, -0.15) is 0 Å². The first-order valence-electron chi connectivity index (χ1n) is 12.2. The van der Waals surface area contributed by atoms with Crippen LogP contribution < -0.4 is 29.2 Å². The van der Waals surface area contributed by atoms with E-state index in [0.29, 0.717) is 53.8 Å². The van der Waals surface area contributed by atoms with E-state index in [2.05, 4.69) is 5.32 Å². The summed E-state index contributed by atoms with van der Waals surface area (Å²) in [5, 5.41) is 3.04. The lowest BCUT2D eigenvalue weighted by molar-refractivity contribution is 0.0949. The molecule has 2 amide bonds. The third-order valence-corrected chi connectivity index (χ3v) is 6.16. The number of methoxy groups -OCH3 is 3. The van der Waals surface area contributed by atoms with Crippen molar-refractivity contribution in [2.24, 2.45) is 0 Å². The highest BCUT2D eigenvalue weighted by molar-refractivity contribution is 5.95. The number of hydrogen-bond acceptors (Lipinski definition) is 7. The number of hydrogen-bond donors (Lipinski definition) is 1. The van der Waals surface area contributed by atoms with Gasteiger partial charge in [0.2, 0.25) is 0 Å². The topological polar surface area (TPSA) is 95.6 Å². The average Bonchev–Trinajstić information content (AvgIpc) is 2.89. The van der Waals surface area contributed by atoms with Gasteiger partial charge >= 0.3 is 6.09 Å². The maximum absolute atomic E-state index is 13.1. The summed E-state index contributed by atoms with van der Waals surface area (Å²) in [6.07, 6.45) is 1.06. The first-order valence-corrected chi connectivity index (χ1v) is 12.2. The summed E-state index contributed by atoms with van der Waals surface area (Å²) in [6.45, 7) is 6.93. The van der Waals surface area contributed by atoms with Gasteiger partial charge in [0, 0.05) is 30.1 Å². The SMILES string of the molecule is CCCOc1cc(C(=O)NCC2CC(C)N(C(=O)OCC)c3cc(OC)c(OC)cc32)ccc1OC. The van der Waals surface area contributed by atoms with Gasteiger partial charge in [-0.25, -0.2) is 4.79 Å². The number of benzene rings is 2. The molecule has 0 spiro atoms.